The molecule has 1 aromatic carbocycles. The van der Waals surface area contributed by atoms with E-state index in [1.807, 2.05) is 0 Å². The average molecular weight is 517 g/mol. The third kappa shape index (κ3) is 4.76. The normalized spacial score (nSPS) is 35.1. The first-order chi connectivity index (χ1) is 19.3. The van der Waals surface area contributed by atoms with E-state index in [2.05, 4.69) is 114 Å². The lowest BCUT2D eigenvalue weighted by atomic mass is 9.82. The number of anilines is 1. The van der Waals surface area contributed by atoms with E-state index < -0.39 is 0 Å². The summed E-state index contributed by atoms with van der Waals surface area (Å²) in [6, 6.07) is 11.9. The zero-order chi connectivity index (χ0) is 26.2. The number of hydrogen-bond donors (Lipinski definition) is 0. The summed E-state index contributed by atoms with van der Waals surface area (Å²) in [5.41, 5.74) is 5.92. The van der Waals surface area contributed by atoms with Gasteiger partial charge in [0.15, 0.2) is 0 Å². The first-order valence-electron chi connectivity index (χ1n) is 15.7. The first kappa shape index (κ1) is 25.1. The molecule has 7 atom stereocenters. The summed E-state index contributed by atoms with van der Waals surface area (Å²) in [4.78, 5) is 5.59. The largest absolute Gasteiger partial charge is 0.361 e. The van der Waals surface area contributed by atoms with Crippen molar-refractivity contribution in [2.45, 2.75) is 101 Å². The maximum atomic E-state index is 2.80. The number of rotatable bonds is 5. The predicted molar refractivity (Wildman–Crippen MR) is 165 cm³/mol. The number of allylic oxidation sites excluding steroid dienone is 7. The highest BCUT2D eigenvalue weighted by Crippen LogP contribution is 2.49. The molecule has 7 rings (SSSR count). The van der Waals surface area contributed by atoms with Crippen molar-refractivity contribution in [3.05, 3.63) is 114 Å². The van der Waals surface area contributed by atoms with Crippen molar-refractivity contribution in [1.82, 2.24) is 4.90 Å². The van der Waals surface area contributed by atoms with E-state index in [4.69, 9.17) is 0 Å². The smallest absolute Gasteiger partial charge is 0.0514 e. The fraction of sp³-hybridized carbons (Fsp3) is 0.459. The van der Waals surface area contributed by atoms with Gasteiger partial charge in [-0.05, 0) is 73.6 Å². The average Bonchev–Trinajstić information content (AvgIpc) is 3.34. The highest BCUT2D eigenvalue weighted by molar-refractivity contribution is 5.64. The fourth-order valence-corrected chi connectivity index (χ4v) is 8.33. The van der Waals surface area contributed by atoms with Crippen LogP contribution in [0.5, 0.6) is 0 Å². The van der Waals surface area contributed by atoms with Gasteiger partial charge in [0.05, 0.1) is 6.04 Å². The van der Waals surface area contributed by atoms with E-state index in [9.17, 15) is 0 Å². The topological polar surface area (TPSA) is 6.48 Å². The molecule has 0 spiro atoms. The van der Waals surface area contributed by atoms with Gasteiger partial charge in [0.1, 0.15) is 0 Å². The van der Waals surface area contributed by atoms with Gasteiger partial charge in [-0.25, -0.2) is 0 Å². The quantitative estimate of drug-likeness (QED) is 0.362. The molecule has 2 heteroatoms. The molecule has 0 saturated heterocycles. The van der Waals surface area contributed by atoms with Gasteiger partial charge in [-0.15, -0.1) is 0 Å². The van der Waals surface area contributed by atoms with Gasteiger partial charge in [0, 0.05) is 35.8 Å². The molecule has 6 aliphatic rings. The first-order valence-corrected chi connectivity index (χ1v) is 15.7. The van der Waals surface area contributed by atoms with Crippen LogP contribution >= 0.6 is 0 Å². The van der Waals surface area contributed by atoms with Crippen LogP contribution in [-0.4, -0.2) is 35.1 Å². The molecule has 1 aromatic rings. The van der Waals surface area contributed by atoms with Crippen LogP contribution in [0.15, 0.2) is 108 Å². The number of hydrogen-bond acceptors (Lipinski definition) is 2. The lowest BCUT2D eigenvalue weighted by molar-refractivity contribution is 0.119. The molecular weight excluding hydrogens is 472 g/mol. The van der Waals surface area contributed by atoms with Gasteiger partial charge in [0.2, 0.25) is 0 Å². The summed E-state index contributed by atoms with van der Waals surface area (Å²) in [5, 5.41) is 0. The van der Waals surface area contributed by atoms with Crippen LogP contribution in [0.1, 0.15) is 76.2 Å². The minimum absolute atomic E-state index is 0.454. The standard InChI is InChI=1S/C37H44N2/c1-27-11-5-8-16-35(27)38(30-12-3-2-4-13-30)31-23-19-28(20-24-31)29-21-25-32(26-22-29)39-36-17-9-6-14-33(36)34-15-7-10-18-37(34)39/h3,5-6,8-9,11-12,14,16-17,19-23,25,27,30-32,34-35,37H,2,4,7,10,13,15,18,24,26H2,1H3. The van der Waals surface area contributed by atoms with Crippen molar-refractivity contribution in [2.24, 2.45) is 5.92 Å². The molecule has 5 aliphatic carbocycles. The lowest BCUT2D eigenvalue weighted by Gasteiger charge is -2.44. The van der Waals surface area contributed by atoms with Crippen molar-refractivity contribution in [3.63, 3.8) is 0 Å². The Bertz CT molecular complexity index is 1270. The highest BCUT2D eigenvalue weighted by Gasteiger charge is 2.42. The van der Waals surface area contributed by atoms with Crippen molar-refractivity contribution in [1.29, 1.82) is 0 Å². The van der Waals surface area contributed by atoms with Crippen LogP contribution in [0.4, 0.5) is 5.69 Å². The molecule has 1 heterocycles. The second kappa shape index (κ2) is 11.0. The molecule has 39 heavy (non-hydrogen) atoms. The van der Waals surface area contributed by atoms with Crippen molar-refractivity contribution in [3.8, 4) is 0 Å². The minimum Gasteiger partial charge on any atom is -0.361 e. The van der Waals surface area contributed by atoms with Crippen molar-refractivity contribution >= 4 is 5.69 Å². The van der Waals surface area contributed by atoms with Gasteiger partial charge in [-0.2, -0.15) is 0 Å². The highest BCUT2D eigenvalue weighted by atomic mass is 15.2. The molecule has 1 fully saturated rings. The molecule has 0 aromatic heterocycles. The SMILES string of the molecule is CC1C=CC=CC1N(C1C=CC(C2=CCC(N3c4ccccc4C4CCCCC43)C=C2)=CC1)C1C=CCCC1. The van der Waals surface area contributed by atoms with E-state index in [0.29, 0.717) is 36.1 Å². The Hall–Kier alpha value is -2.84. The van der Waals surface area contributed by atoms with Crippen LogP contribution in [0, 0.1) is 5.92 Å². The number of fused-ring (bicyclic) bond motifs is 3. The van der Waals surface area contributed by atoms with Crippen LogP contribution in [-0.2, 0) is 0 Å². The van der Waals surface area contributed by atoms with Crippen LogP contribution in [0.25, 0.3) is 0 Å². The zero-order valence-corrected chi connectivity index (χ0v) is 23.5. The Balaban J connectivity index is 1.06. The van der Waals surface area contributed by atoms with Crippen LogP contribution in [0.2, 0.25) is 0 Å². The third-order valence-corrected chi connectivity index (χ3v) is 10.3. The Morgan fingerprint density at radius 2 is 1.59 bits per heavy atom. The van der Waals surface area contributed by atoms with Crippen molar-refractivity contribution in [2.75, 3.05) is 4.90 Å². The van der Waals surface area contributed by atoms with Gasteiger partial charge in [0.25, 0.3) is 0 Å². The molecule has 1 saturated carbocycles. The van der Waals surface area contributed by atoms with E-state index in [1.54, 1.807) is 5.56 Å². The number of nitrogens with zero attached hydrogens (tertiary/aromatic N) is 2. The summed E-state index contributed by atoms with van der Waals surface area (Å²) in [6.07, 6.45) is 40.5. The third-order valence-electron chi connectivity index (χ3n) is 10.3. The maximum Gasteiger partial charge on any atom is 0.0514 e. The van der Waals surface area contributed by atoms with E-state index in [-0.39, 0.29) is 0 Å². The van der Waals surface area contributed by atoms with E-state index >= 15 is 0 Å². The molecule has 0 N–H and O–H groups in total. The molecule has 0 radical (unpaired) electrons. The molecule has 1 aliphatic heterocycles. The van der Waals surface area contributed by atoms with Gasteiger partial charge in [-0.3, -0.25) is 4.90 Å². The Labute approximate surface area is 235 Å². The number of benzene rings is 1. The molecule has 0 bridgehead atoms. The molecule has 2 nitrogen and oxygen atoms in total. The fourth-order valence-electron chi connectivity index (χ4n) is 8.33. The molecule has 7 unspecified atom stereocenters. The van der Waals surface area contributed by atoms with Crippen LogP contribution in [0.3, 0.4) is 0 Å². The predicted octanol–water partition coefficient (Wildman–Crippen LogP) is 8.58. The second-order valence-corrected chi connectivity index (χ2v) is 12.6. The number of para-hydroxylation sites is 1. The summed E-state index contributed by atoms with van der Waals surface area (Å²) in [5.74, 6) is 1.28. The lowest BCUT2D eigenvalue weighted by Crippen LogP contribution is -2.50. The maximum absolute atomic E-state index is 2.80. The zero-order valence-electron chi connectivity index (χ0n) is 23.5. The minimum atomic E-state index is 0.454. The Kier molecular flexibility index (Phi) is 7.07. The summed E-state index contributed by atoms with van der Waals surface area (Å²) < 4.78 is 0. The molecule has 202 valence electrons. The second-order valence-electron chi connectivity index (χ2n) is 12.6. The Morgan fingerprint density at radius 1 is 0.769 bits per heavy atom. The Morgan fingerprint density at radius 3 is 2.36 bits per heavy atom. The van der Waals surface area contributed by atoms with Crippen LogP contribution < -0.4 is 4.90 Å². The van der Waals surface area contributed by atoms with Gasteiger partial charge < -0.3 is 4.90 Å². The summed E-state index contributed by atoms with van der Waals surface area (Å²) >= 11 is 0. The summed E-state index contributed by atoms with van der Waals surface area (Å²) in [7, 11) is 0. The molecular formula is C37H44N2. The van der Waals surface area contributed by atoms with Gasteiger partial charge >= 0.3 is 0 Å². The monoisotopic (exact) mass is 516 g/mol. The van der Waals surface area contributed by atoms with Crippen molar-refractivity contribution < 1.29 is 0 Å². The van der Waals surface area contributed by atoms with E-state index in [1.165, 1.54) is 61.8 Å². The molecule has 0 amide bonds. The van der Waals surface area contributed by atoms with Gasteiger partial charge in [-0.1, -0.05) is 111 Å². The van der Waals surface area contributed by atoms with E-state index in [0.717, 1.165) is 18.8 Å². The summed E-state index contributed by atoms with van der Waals surface area (Å²) in [6.45, 7) is 2.38.